The molecule has 1 N–H and O–H groups in total. The van der Waals surface area contributed by atoms with Gasteiger partial charge in [0.05, 0.1) is 17.3 Å². The predicted octanol–water partition coefficient (Wildman–Crippen LogP) is 5.20. The Labute approximate surface area is 163 Å². The summed E-state index contributed by atoms with van der Waals surface area (Å²) < 4.78 is 26.4. The molecule has 0 radical (unpaired) electrons. The topological polar surface area (TPSA) is 60.7 Å². The van der Waals surface area contributed by atoms with Crippen molar-refractivity contribution in [1.82, 2.24) is 4.57 Å². The molecule has 5 nitrogen and oxygen atoms in total. The quantitative estimate of drug-likeness (QED) is 0.671. The number of nitrogens with zero attached hydrogens (tertiary/aromatic N) is 1. The van der Waals surface area contributed by atoms with Crippen LogP contribution >= 0.6 is 0 Å². The highest BCUT2D eigenvalue weighted by atomic mass is 19.1. The van der Waals surface area contributed by atoms with Crippen molar-refractivity contribution < 1.29 is 23.8 Å². The molecule has 0 bridgehead atoms. The molecule has 2 aromatic carbocycles. The van der Waals surface area contributed by atoms with Gasteiger partial charge in [-0.2, -0.15) is 0 Å². The molecule has 1 atom stereocenters. The van der Waals surface area contributed by atoms with E-state index in [0.29, 0.717) is 17.0 Å². The number of aliphatic hydroxyl groups excluding tert-OH is 1. The third-order valence-corrected chi connectivity index (χ3v) is 4.17. The molecule has 1 unspecified atom stereocenters. The van der Waals surface area contributed by atoms with Gasteiger partial charge >= 0.3 is 6.09 Å². The molecule has 0 aliphatic rings. The summed E-state index contributed by atoms with van der Waals surface area (Å²) in [4.78, 5) is 12.7. The van der Waals surface area contributed by atoms with Crippen LogP contribution in [-0.2, 0) is 11.3 Å². The number of ether oxygens (including phenoxy) is 2. The monoisotopic (exact) mass is 385 g/mol. The van der Waals surface area contributed by atoms with Crippen molar-refractivity contribution in [3.05, 3.63) is 65.6 Å². The molecule has 0 saturated heterocycles. The SMILES string of the molecule is CC(O)c1ccc(OCc2cc3ccc(F)cc3n2C(=O)OC(C)(C)C)cc1. The summed E-state index contributed by atoms with van der Waals surface area (Å²) in [5.41, 5.74) is 1.08. The van der Waals surface area contributed by atoms with E-state index in [2.05, 4.69) is 0 Å². The van der Waals surface area contributed by atoms with Crippen LogP contribution in [0.4, 0.5) is 9.18 Å². The molecule has 6 heteroatoms. The van der Waals surface area contributed by atoms with Crippen LogP contribution in [0.3, 0.4) is 0 Å². The van der Waals surface area contributed by atoms with E-state index in [1.807, 2.05) is 0 Å². The lowest BCUT2D eigenvalue weighted by molar-refractivity contribution is 0.0535. The number of fused-ring (bicyclic) bond motifs is 1. The summed E-state index contributed by atoms with van der Waals surface area (Å²) in [5, 5.41) is 10.3. The van der Waals surface area contributed by atoms with Gasteiger partial charge in [0.2, 0.25) is 0 Å². The van der Waals surface area contributed by atoms with E-state index in [4.69, 9.17) is 9.47 Å². The van der Waals surface area contributed by atoms with Gasteiger partial charge in [-0.25, -0.2) is 13.8 Å². The summed E-state index contributed by atoms with van der Waals surface area (Å²) in [6.45, 7) is 7.11. The first-order chi connectivity index (χ1) is 13.1. The number of benzene rings is 2. The average Bonchev–Trinajstić information content (AvgIpc) is 2.96. The summed E-state index contributed by atoms with van der Waals surface area (Å²) >= 11 is 0. The third-order valence-electron chi connectivity index (χ3n) is 4.17. The van der Waals surface area contributed by atoms with Gasteiger partial charge in [0.15, 0.2) is 0 Å². The molecule has 3 rings (SSSR count). The van der Waals surface area contributed by atoms with E-state index < -0.39 is 23.6 Å². The first-order valence-electron chi connectivity index (χ1n) is 9.08. The van der Waals surface area contributed by atoms with Crippen LogP contribution in [0.25, 0.3) is 10.9 Å². The van der Waals surface area contributed by atoms with Gasteiger partial charge in [-0.15, -0.1) is 0 Å². The first-order valence-corrected chi connectivity index (χ1v) is 9.08. The first kappa shape index (κ1) is 19.9. The predicted molar refractivity (Wildman–Crippen MR) is 105 cm³/mol. The zero-order valence-electron chi connectivity index (χ0n) is 16.4. The Balaban J connectivity index is 1.91. The Morgan fingerprint density at radius 2 is 1.82 bits per heavy atom. The van der Waals surface area contributed by atoms with Crippen LogP contribution < -0.4 is 4.74 Å². The number of carbonyl (C=O) groups excluding carboxylic acids is 1. The summed E-state index contributed by atoms with van der Waals surface area (Å²) in [7, 11) is 0. The maximum absolute atomic E-state index is 13.8. The largest absolute Gasteiger partial charge is 0.487 e. The van der Waals surface area contributed by atoms with Crippen molar-refractivity contribution in [2.24, 2.45) is 0 Å². The zero-order chi connectivity index (χ0) is 20.5. The number of hydrogen-bond acceptors (Lipinski definition) is 4. The third kappa shape index (κ3) is 4.51. The molecular weight excluding hydrogens is 361 g/mol. The van der Waals surface area contributed by atoms with Gasteiger partial charge in [-0.1, -0.05) is 12.1 Å². The summed E-state index contributed by atoms with van der Waals surface area (Å²) in [5.74, 6) is 0.160. The smallest absolute Gasteiger partial charge is 0.419 e. The maximum atomic E-state index is 13.8. The Hall–Kier alpha value is -2.86. The number of carbonyl (C=O) groups is 1. The fraction of sp³-hybridized carbons (Fsp3) is 0.318. The van der Waals surface area contributed by atoms with Gasteiger partial charge < -0.3 is 14.6 Å². The number of rotatable bonds is 4. The van der Waals surface area contributed by atoms with E-state index in [1.165, 1.54) is 16.7 Å². The second-order valence-electron chi connectivity index (χ2n) is 7.69. The number of aromatic nitrogens is 1. The molecule has 0 aliphatic carbocycles. The van der Waals surface area contributed by atoms with Crippen molar-refractivity contribution in [2.45, 2.75) is 46.0 Å². The molecule has 0 aliphatic heterocycles. The van der Waals surface area contributed by atoms with Crippen molar-refractivity contribution in [3.63, 3.8) is 0 Å². The highest BCUT2D eigenvalue weighted by Gasteiger charge is 2.22. The summed E-state index contributed by atoms with van der Waals surface area (Å²) in [6.07, 6.45) is -1.14. The molecule has 1 heterocycles. The molecule has 0 saturated carbocycles. The van der Waals surface area contributed by atoms with Crippen molar-refractivity contribution >= 4 is 17.0 Å². The van der Waals surface area contributed by atoms with Gasteiger partial charge in [-0.05, 0) is 69.7 Å². The lowest BCUT2D eigenvalue weighted by Crippen LogP contribution is -2.28. The molecular formula is C22H24FNO4. The minimum atomic E-state index is -0.685. The lowest BCUT2D eigenvalue weighted by atomic mass is 10.1. The van der Waals surface area contributed by atoms with Gasteiger partial charge in [0.25, 0.3) is 0 Å². The van der Waals surface area contributed by atoms with Crippen molar-refractivity contribution in [3.8, 4) is 5.75 Å². The fourth-order valence-corrected chi connectivity index (χ4v) is 2.86. The standard InChI is InChI=1S/C22H24FNO4/c1-14(25)15-6-9-19(10-7-15)27-13-18-11-16-5-8-17(23)12-20(16)24(18)21(26)28-22(2,3)4/h5-12,14,25H,13H2,1-4H3. The molecule has 28 heavy (non-hydrogen) atoms. The van der Waals surface area contributed by atoms with Gasteiger partial charge in [-0.3, -0.25) is 0 Å². The molecule has 148 valence electrons. The Kier molecular flexibility index (Phi) is 5.42. The molecule has 0 amide bonds. The number of hydrogen-bond donors (Lipinski definition) is 1. The van der Waals surface area contributed by atoms with Crippen LogP contribution in [-0.4, -0.2) is 21.4 Å². The zero-order valence-corrected chi connectivity index (χ0v) is 16.4. The second kappa shape index (κ2) is 7.64. The van der Waals surface area contributed by atoms with Crippen LogP contribution in [0.5, 0.6) is 5.75 Å². The molecule has 0 spiro atoms. The summed E-state index contributed by atoms with van der Waals surface area (Å²) in [6, 6.07) is 13.1. The Morgan fingerprint density at radius 1 is 1.14 bits per heavy atom. The van der Waals surface area contributed by atoms with E-state index in [-0.39, 0.29) is 6.61 Å². The van der Waals surface area contributed by atoms with E-state index in [1.54, 1.807) is 64.1 Å². The van der Waals surface area contributed by atoms with E-state index in [0.717, 1.165) is 10.9 Å². The van der Waals surface area contributed by atoms with Crippen LogP contribution in [0, 0.1) is 5.82 Å². The molecule has 0 fully saturated rings. The fourth-order valence-electron chi connectivity index (χ4n) is 2.86. The minimum absolute atomic E-state index is 0.101. The molecule has 3 aromatic rings. The van der Waals surface area contributed by atoms with Crippen molar-refractivity contribution in [2.75, 3.05) is 0 Å². The lowest BCUT2D eigenvalue weighted by Gasteiger charge is -2.21. The van der Waals surface area contributed by atoms with Crippen molar-refractivity contribution in [1.29, 1.82) is 0 Å². The number of aliphatic hydroxyl groups is 1. The van der Waals surface area contributed by atoms with Gasteiger partial charge in [0, 0.05) is 5.39 Å². The Morgan fingerprint density at radius 3 is 2.43 bits per heavy atom. The highest BCUT2D eigenvalue weighted by molar-refractivity contribution is 5.91. The minimum Gasteiger partial charge on any atom is -0.487 e. The maximum Gasteiger partial charge on any atom is 0.419 e. The van der Waals surface area contributed by atoms with Crippen LogP contribution in [0.15, 0.2) is 48.5 Å². The van der Waals surface area contributed by atoms with Crippen LogP contribution in [0.2, 0.25) is 0 Å². The normalized spacial score (nSPS) is 12.8. The highest BCUT2D eigenvalue weighted by Crippen LogP contribution is 2.25. The average molecular weight is 385 g/mol. The van der Waals surface area contributed by atoms with E-state index >= 15 is 0 Å². The van der Waals surface area contributed by atoms with Crippen LogP contribution in [0.1, 0.15) is 45.1 Å². The number of halogens is 1. The second-order valence-corrected chi connectivity index (χ2v) is 7.69. The molecule has 1 aromatic heterocycles. The van der Waals surface area contributed by atoms with E-state index in [9.17, 15) is 14.3 Å². The van der Waals surface area contributed by atoms with Gasteiger partial charge in [0.1, 0.15) is 23.8 Å². The Bertz CT molecular complexity index is 984.